The molecular formula is C15H15N3O4. The highest BCUT2D eigenvalue weighted by atomic mass is 16.6. The van der Waals surface area contributed by atoms with Crippen LogP contribution in [0.25, 0.3) is 0 Å². The summed E-state index contributed by atoms with van der Waals surface area (Å²) in [6.07, 6.45) is 2.95. The van der Waals surface area contributed by atoms with Gasteiger partial charge in [0.05, 0.1) is 18.4 Å². The Morgan fingerprint density at radius 3 is 2.73 bits per heavy atom. The first kappa shape index (κ1) is 14.6. The van der Waals surface area contributed by atoms with E-state index in [1.54, 1.807) is 6.07 Å². The zero-order valence-corrected chi connectivity index (χ0v) is 11.8. The Morgan fingerprint density at radius 2 is 2.18 bits per heavy atom. The summed E-state index contributed by atoms with van der Waals surface area (Å²) >= 11 is 0. The van der Waals surface area contributed by atoms with Crippen molar-refractivity contribution in [1.82, 2.24) is 0 Å². The Labute approximate surface area is 126 Å². The first-order valence-corrected chi connectivity index (χ1v) is 7.20. The molecule has 0 radical (unpaired) electrons. The third kappa shape index (κ3) is 1.76. The molecule has 2 aliphatic carbocycles. The summed E-state index contributed by atoms with van der Waals surface area (Å²) in [4.78, 5) is 11.1. The van der Waals surface area contributed by atoms with Gasteiger partial charge in [-0.3, -0.25) is 10.1 Å². The average Bonchev–Trinajstić information content (AvgIpc) is 3.00. The highest BCUT2D eigenvalue weighted by Crippen LogP contribution is 2.59. The van der Waals surface area contributed by atoms with Crippen LogP contribution >= 0.6 is 0 Å². The van der Waals surface area contributed by atoms with Crippen LogP contribution in [0, 0.1) is 44.1 Å². The van der Waals surface area contributed by atoms with Gasteiger partial charge < -0.3 is 9.52 Å². The molecule has 2 saturated carbocycles. The number of nitrogens with zero attached hydrogens (tertiary/aromatic N) is 3. The maximum absolute atomic E-state index is 11.7. The minimum atomic E-state index is -1.55. The van der Waals surface area contributed by atoms with Crippen molar-refractivity contribution >= 4 is 0 Å². The van der Waals surface area contributed by atoms with Crippen molar-refractivity contribution in [2.75, 3.05) is 0 Å². The second kappa shape index (κ2) is 4.82. The van der Waals surface area contributed by atoms with E-state index in [1.165, 1.54) is 12.3 Å². The fraction of sp³-hybridized carbons (Fsp3) is 0.600. The second-order valence-corrected chi connectivity index (χ2v) is 6.21. The molecule has 1 heterocycles. The summed E-state index contributed by atoms with van der Waals surface area (Å²) in [5.41, 5.74) is -3.05. The lowest BCUT2D eigenvalue weighted by molar-refractivity contribution is -0.560. The summed E-state index contributed by atoms with van der Waals surface area (Å²) in [5, 5.41) is 41.9. The van der Waals surface area contributed by atoms with Crippen LogP contribution < -0.4 is 0 Å². The molecular weight excluding hydrogens is 286 g/mol. The van der Waals surface area contributed by atoms with Crippen molar-refractivity contribution < 1.29 is 14.4 Å². The fourth-order valence-corrected chi connectivity index (χ4v) is 4.27. The van der Waals surface area contributed by atoms with E-state index in [0.717, 1.165) is 0 Å². The number of hydrogen-bond donors (Lipinski definition) is 1. The summed E-state index contributed by atoms with van der Waals surface area (Å²) < 4.78 is 5.30. The molecule has 0 unspecified atom stereocenters. The van der Waals surface area contributed by atoms with Crippen molar-refractivity contribution in [2.24, 2.45) is 11.3 Å². The van der Waals surface area contributed by atoms with Gasteiger partial charge in [-0.15, -0.1) is 0 Å². The predicted molar refractivity (Wildman–Crippen MR) is 72.8 cm³/mol. The second-order valence-electron chi connectivity index (χ2n) is 6.21. The van der Waals surface area contributed by atoms with Crippen LogP contribution in [0.1, 0.15) is 37.4 Å². The lowest BCUT2D eigenvalue weighted by Crippen LogP contribution is -2.63. The van der Waals surface area contributed by atoms with E-state index < -0.39 is 33.8 Å². The Hall–Kier alpha value is -2.38. The van der Waals surface area contributed by atoms with Gasteiger partial charge in [-0.05, 0) is 43.7 Å². The normalized spacial score (nSPS) is 36.0. The molecule has 0 saturated heterocycles. The molecule has 1 aromatic heterocycles. The van der Waals surface area contributed by atoms with E-state index in [9.17, 15) is 25.7 Å². The van der Waals surface area contributed by atoms with Crippen molar-refractivity contribution in [3.05, 3.63) is 34.3 Å². The molecule has 22 heavy (non-hydrogen) atoms. The zero-order chi connectivity index (χ0) is 16.0. The fourth-order valence-electron chi connectivity index (χ4n) is 4.27. The van der Waals surface area contributed by atoms with Crippen LogP contribution in [0.5, 0.6) is 0 Å². The molecule has 0 aromatic carbocycles. The third-order valence-corrected chi connectivity index (χ3v) is 5.21. The molecule has 1 aromatic rings. The van der Waals surface area contributed by atoms with Gasteiger partial charge in [-0.1, -0.05) is 0 Å². The van der Waals surface area contributed by atoms with E-state index in [0.29, 0.717) is 19.3 Å². The van der Waals surface area contributed by atoms with E-state index in [1.807, 2.05) is 12.1 Å². The summed E-state index contributed by atoms with van der Waals surface area (Å²) in [6.45, 7) is 0. The minimum Gasteiger partial charge on any atom is -0.469 e. The predicted octanol–water partition coefficient (Wildman–Crippen LogP) is 1.98. The van der Waals surface area contributed by atoms with Crippen LogP contribution in [0.3, 0.4) is 0 Å². The number of furan rings is 1. The lowest BCUT2D eigenvalue weighted by Gasteiger charge is -2.51. The zero-order valence-electron chi connectivity index (χ0n) is 11.8. The van der Waals surface area contributed by atoms with E-state index in [2.05, 4.69) is 0 Å². The summed E-state index contributed by atoms with van der Waals surface area (Å²) in [6, 6.07) is 5.74. The first-order chi connectivity index (χ1) is 10.5. The molecule has 1 N–H and O–H groups in total. The number of hydrogen-bond acceptors (Lipinski definition) is 6. The Bertz CT molecular complexity index is 658. The minimum absolute atomic E-state index is 0.108. The molecule has 4 atom stereocenters. The Kier molecular flexibility index (Phi) is 3.19. The summed E-state index contributed by atoms with van der Waals surface area (Å²) in [7, 11) is 0. The number of fused-ring (bicyclic) bond motifs is 2. The van der Waals surface area contributed by atoms with Crippen LogP contribution in [0.4, 0.5) is 0 Å². The SMILES string of the molecule is N#CC1(C#N)[C@@H]2CCC[C@@](O)(C2)[C@@H]([N+](=O)[O-])[C@@H]1c1ccco1. The highest BCUT2D eigenvalue weighted by Gasteiger charge is 2.68. The standard InChI is InChI=1S/C15H15N3O4/c16-8-14(9-17)10-3-1-5-15(19,7-10)13(18(20)21)12(14)11-4-2-6-22-11/h2,4,6,10,12-13,19H,1,3,5,7H2/t10-,12+,13+,15-/m1/s1. The molecule has 7 heteroatoms. The maximum atomic E-state index is 11.7. The number of nitro groups is 1. The van der Waals surface area contributed by atoms with Gasteiger partial charge in [0.2, 0.25) is 0 Å². The van der Waals surface area contributed by atoms with E-state index in [-0.39, 0.29) is 12.2 Å². The molecule has 7 nitrogen and oxygen atoms in total. The largest absolute Gasteiger partial charge is 0.469 e. The van der Waals surface area contributed by atoms with Gasteiger partial charge in [0.1, 0.15) is 17.3 Å². The van der Waals surface area contributed by atoms with Gasteiger partial charge in [-0.25, -0.2) is 0 Å². The van der Waals surface area contributed by atoms with Gasteiger partial charge in [0.25, 0.3) is 6.04 Å². The van der Waals surface area contributed by atoms with Gasteiger partial charge in [-0.2, -0.15) is 10.5 Å². The first-order valence-electron chi connectivity index (χ1n) is 7.20. The summed E-state index contributed by atoms with van der Waals surface area (Å²) in [5.74, 6) is -1.25. The van der Waals surface area contributed by atoms with Gasteiger partial charge >= 0.3 is 0 Å². The smallest absolute Gasteiger partial charge is 0.253 e. The van der Waals surface area contributed by atoms with Crippen LogP contribution in [0.15, 0.2) is 22.8 Å². The van der Waals surface area contributed by atoms with Gasteiger partial charge in [0, 0.05) is 4.92 Å². The molecule has 0 amide bonds. The van der Waals surface area contributed by atoms with Crippen LogP contribution in [-0.4, -0.2) is 21.7 Å². The van der Waals surface area contributed by atoms with Crippen molar-refractivity contribution in [1.29, 1.82) is 10.5 Å². The number of aliphatic hydroxyl groups is 1. The molecule has 114 valence electrons. The van der Waals surface area contributed by atoms with Crippen LogP contribution in [-0.2, 0) is 0 Å². The van der Waals surface area contributed by atoms with E-state index >= 15 is 0 Å². The van der Waals surface area contributed by atoms with Crippen molar-refractivity contribution in [2.45, 2.75) is 43.2 Å². The molecule has 2 aliphatic rings. The number of rotatable bonds is 2. The Morgan fingerprint density at radius 1 is 1.45 bits per heavy atom. The van der Waals surface area contributed by atoms with Crippen molar-refractivity contribution in [3.8, 4) is 12.1 Å². The lowest BCUT2D eigenvalue weighted by atomic mass is 9.50. The third-order valence-electron chi connectivity index (χ3n) is 5.21. The molecule has 0 aliphatic heterocycles. The quantitative estimate of drug-likeness (QED) is 0.657. The van der Waals surface area contributed by atoms with E-state index in [4.69, 9.17) is 4.42 Å². The van der Waals surface area contributed by atoms with Gasteiger partial charge in [0.15, 0.2) is 5.41 Å². The molecule has 2 fully saturated rings. The average molecular weight is 301 g/mol. The molecule has 3 rings (SSSR count). The monoisotopic (exact) mass is 301 g/mol. The highest BCUT2D eigenvalue weighted by molar-refractivity contribution is 5.33. The maximum Gasteiger partial charge on any atom is 0.253 e. The Balaban J connectivity index is 2.24. The molecule has 0 spiro atoms. The van der Waals surface area contributed by atoms with Crippen molar-refractivity contribution in [3.63, 3.8) is 0 Å². The van der Waals surface area contributed by atoms with Crippen LogP contribution in [0.2, 0.25) is 0 Å². The molecule has 2 bridgehead atoms. The number of nitriles is 2. The topological polar surface area (TPSA) is 124 Å².